The standard InChI is InChI=1S/C7H10O2/c1-4-6(3)9-7(8)5-2/h1,6H,5H2,2-3H3. The maximum atomic E-state index is 10.5. The van der Waals surface area contributed by atoms with Crippen LogP contribution in [0.4, 0.5) is 0 Å². The van der Waals surface area contributed by atoms with E-state index >= 15 is 0 Å². The van der Waals surface area contributed by atoms with Crippen molar-refractivity contribution in [3.8, 4) is 12.3 Å². The van der Waals surface area contributed by atoms with Gasteiger partial charge in [-0.1, -0.05) is 12.8 Å². The van der Waals surface area contributed by atoms with Gasteiger partial charge in [-0.05, 0) is 6.92 Å². The summed E-state index contributed by atoms with van der Waals surface area (Å²) in [6, 6.07) is 0. The molecule has 0 amide bonds. The van der Waals surface area contributed by atoms with Crippen LogP contribution in [0.2, 0.25) is 0 Å². The van der Waals surface area contributed by atoms with Gasteiger partial charge in [-0.15, -0.1) is 6.42 Å². The zero-order valence-electron chi connectivity index (χ0n) is 5.68. The first kappa shape index (κ1) is 8.03. The maximum absolute atomic E-state index is 10.5. The molecule has 1 atom stereocenters. The average Bonchev–Trinajstić information content (AvgIpc) is 1.87. The highest BCUT2D eigenvalue weighted by molar-refractivity contribution is 5.69. The van der Waals surface area contributed by atoms with E-state index in [2.05, 4.69) is 10.7 Å². The Morgan fingerprint density at radius 3 is 2.78 bits per heavy atom. The minimum Gasteiger partial charge on any atom is -0.449 e. The Morgan fingerprint density at radius 1 is 1.89 bits per heavy atom. The van der Waals surface area contributed by atoms with E-state index in [0.29, 0.717) is 6.42 Å². The van der Waals surface area contributed by atoms with Crippen LogP contribution < -0.4 is 0 Å². The van der Waals surface area contributed by atoms with E-state index in [1.165, 1.54) is 0 Å². The van der Waals surface area contributed by atoms with E-state index in [0.717, 1.165) is 0 Å². The van der Waals surface area contributed by atoms with Gasteiger partial charge in [-0.3, -0.25) is 4.79 Å². The molecule has 0 fully saturated rings. The Bertz CT molecular complexity index is 132. The molecule has 50 valence electrons. The third kappa shape index (κ3) is 3.60. The molecule has 0 aromatic heterocycles. The fourth-order valence-corrected chi connectivity index (χ4v) is 0.315. The molecule has 2 nitrogen and oxygen atoms in total. The highest BCUT2D eigenvalue weighted by atomic mass is 16.5. The second-order valence-corrected chi connectivity index (χ2v) is 1.65. The van der Waals surface area contributed by atoms with Crippen LogP contribution in [0.25, 0.3) is 0 Å². The minimum atomic E-state index is -0.391. The van der Waals surface area contributed by atoms with Gasteiger partial charge in [-0.25, -0.2) is 0 Å². The molecule has 0 aromatic carbocycles. The minimum absolute atomic E-state index is 0.250. The van der Waals surface area contributed by atoms with Gasteiger partial charge in [0, 0.05) is 6.42 Å². The molecule has 0 aliphatic rings. The van der Waals surface area contributed by atoms with Gasteiger partial charge in [0.05, 0.1) is 0 Å². The predicted molar refractivity (Wildman–Crippen MR) is 34.7 cm³/mol. The van der Waals surface area contributed by atoms with Crippen molar-refractivity contribution in [1.29, 1.82) is 0 Å². The van der Waals surface area contributed by atoms with E-state index in [9.17, 15) is 4.79 Å². The molecular weight excluding hydrogens is 116 g/mol. The average molecular weight is 126 g/mol. The maximum Gasteiger partial charge on any atom is 0.306 e. The number of esters is 1. The Morgan fingerprint density at radius 2 is 2.44 bits per heavy atom. The van der Waals surface area contributed by atoms with Crippen LogP contribution in [0.3, 0.4) is 0 Å². The topological polar surface area (TPSA) is 26.3 Å². The quantitative estimate of drug-likeness (QED) is 0.407. The molecule has 0 aliphatic heterocycles. The number of terminal acetylenes is 1. The summed E-state index contributed by atoms with van der Waals surface area (Å²) in [5, 5.41) is 0. The lowest BCUT2D eigenvalue weighted by Crippen LogP contribution is -2.11. The van der Waals surface area contributed by atoms with E-state index in [4.69, 9.17) is 6.42 Å². The largest absolute Gasteiger partial charge is 0.449 e. The molecule has 0 aliphatic carbocycles. The highest BCUT2D eigenvalue weighted by Crippen LogP contribution is 1.90. The van der Waals surface area contributed by atoms with Crippen molar-refractivity contribution < 1.29 is 9.53 Å². The zero-order chi connectivity index (χ0) is 7.28. The molecule has 2 heteroatoms. The van der Waals surface area contributed by atoms with Crippen LogP contribution in [0.15, 0.2) is 0 Å². The van der Waals surface area contributed by atoms with Crippen LogP contribution in [0, 0.1) is 12.3 Å². The fraction of sp³-hybridized carbons (Fsp3) is 0.571. The normalized spacial score (nSPS) is 11.7. The van der Waals surface area contributed by atoms with Gasteiger partial charge in [0.25, 0.3) is 0 Å². The molecular formula is C7H10O2. The smallest absolute Gasteiger partial charge is 0.306 e. The van der Waals surface area contributed by atoms with Gasteiger partial charge in [0.1, 0.15) is 0 Å². The van der Waals surface area contributed by atoms with Crippen LogP contribution in [0.1, 0.15) is 20.3 Å². The van der Waals surface area contributed by atoms with Crippen molar-refractivity contribution in [2.75, 3.05) is 0 Å². The van der Waals surface area contributed by atoms with Crippen molar-refractivity contribution in [2.45, 2.75) is 26.4 Å². The van der Waals surface area contributed by atoms with Crippen molar-refractivity contribution in [2.24, 2.45) is 0 Å². The molecule has 1 unspecified atom stereocenters. The van der Waals surface area contributed by atoms with E-state index in [1.54, 1.807) is 13.8 Å². The molecule has 0 aromatic rings. The van der Waals surface area contributed by atoms with E-state index < -0.39 is 6.10 Å². The zero-order valence-corrected chi connectivity index (χ0v) is 5.68. The van der Waals surface area contributed by atoms with Crippen molar-refractivity contribution in [3.05, 3.63) is 0 Å². The lowest BCUT2D eigenvalue weighted by atomic mass is 10.4. The van der Waals surface area contributed by atoms with Crippen molar-refractivity contribution >= 4 is 5.97 Å². The third-order valence-corrected chi connectivity index (χ3v) is 0.832. The van der Waals surface area contributed by atoms with Gasteiger partial charge >= 0.3 is 5.97 Å². The summed E-state index contributed by atoms with van der Waals surface area (Å²) in [6.45, 7) is 3.39. The van der Waals surface area contributed by atoms with Crippen LogP contribution >= 0.6 is 0 Å². The lowest BCUT2D eigenvalue weighted by molar-refractivity contribution is -0.145. The molecule has 0 saturated heterocycles. The number of rotatable bonds is 2. The van der Waals surface area contributed by atoms with Crippen LogP contribution in [-0.2, 0) is 9.53 Å². The summed E-state index contributed by atoms with van der Waals surface area (Å²) in [5.74, 6) is 2.04. The summed E-state index contributed by atoms with van der Waals surface area (Å²) < 4.78 is 4.67. The van der Waals surface area contributed by atoms with E-state index in [1.807, 2.05) is 0 Å². The third-order valence-electron chi connectivity index (χ3n) is 0.832. The molecule has 0 bridgehead atoms. The Kier molecular flexibility index (Phi) is 3.54. The second-order valence-electron chi connectivity index (χ2n) is 1.65. The summed E-state index contributed by atoms with van der Waals surface area (Å²) in [5.41, 5.74) is 0. The first-order chi connectivity index (χ1) is 4.20. The second kappa shape index (κ2) is 3.96. The van der Waals surface area contributed by atoms with E-state index in [-0.39, 0.29) is 5.97 Å². The lowest BCUT2D eigenvalue weighted by Gasteiger charge is -2.03. The van der Waals surface area contributed by atoms with Crippen molar-refractivity contribution in [1.82, 2.24) is 0 Å². The Balaban J connectivity index is 3.50. The summed E-state index contributed by atoms with van der Waals surface area (Å²) in [7, 11) is 0. The number of hydrogen-bond acceptors (Lipinski definition) is 2. The molecule has 0 saturated carbocycles. The number of hydrogen-bond donors (Lipinski definition) is 0. The Labute approximate surface area is 55.2 Å². The molecule has 0 spiro atoms. The highest BCUT2D eigenvalue weighted by Gasteiger charge is 2.01. The van der Waals surface area contributed by atoms with Crippen molar-refractivity contribution in [3.63, 3.8) is 0 Å². The Hall–Kier alpha value is -0.970. The summed E-state index contributed by atoms with van der Waals surface area (Å²) >= 11 is 0. The fourth-order valence-electron chi connectivity index (χ4n) is 0.315. The molecule has 0 N–H and O–H groups in total. The molecule has 9 heavy (non-hydrogen) atoms. The van der Waals surface area contributed by atoms with Gasteiger partial charge in [0.2, 0.25) is 0 Å². The monoisotopic (exact) mass is 126 g/mol. The number of carbonyl (C=O) groups is 1. The summed E-state index contributed by atoms with van der Waals surface area (Å²) in [4.78, 5) is 10.5. The van der Waals surface area contributed by atoms with Gasteiger partial charge < -0.3 is 4.74 Å². The first-order valence-electron chi connectivity index (χ1n) is 2.86. The van der Waals surface area contributed by atoms with Crippen LogP contribution in [-0.4, -0.2) is 12.1 Å². The first-order valence-corrected chi connectivity index (χ1v) is 2.86. The molecule has 0 radical (unpaired) electrons. The number of carbonyl (C=O) groups excluding carboxylic acids is 1. The molecule has 0 heterocycles. The predicted octanol–water partition coefficient (Wildman–Crippen LogP) is 0.961. The van der Waals surface area contributed by atoms with Crippen LogP contribution in [0.5, 0.6) is 0 Å². The van der Waals surface area contributed by atoms with Gasteiger partial charge in [0.15, 0.2) is 6.10 Å². The van der Waals surface area contributed by atoms with Gasteiger partial charge in [-0.2, -0.15) is 0 Å². The number of ether oxygens (including phenoxy) is 1. The SMILES string of the molecule is C#CC(C)OC(=O)CC. The summed E-state index contributed by atoms with van der Waals surface area (Å²) in [6.07, 6.45) is 4.94. The molecule has 0 rings (SSSR count).